The number of benzene rings is 1. The second kappa shape index (κ2) is 9.51. The zero-order chi connectivity index (χ0) is 24.4. The van der Waals surface area contributed by atoms with Gasteiger partial charge in [-0.3, -0.25) is 9.59 Å². The molecule has 0 fully saturated rings. The van der Waals surface area contributed by atoms with E-state index in [9.17, 15) is 14.4 Å². The number of nitrogens with zero attached hydrogens (tertiary/aromatic N) is 3. The van der Waals surface area contributed by atoms with Crippen LogP contribution in [0.5, 0.6) is 0 Å². The smallest absolute Gasteiger partial charge is 0.360 e. The normalized spacial score (nSPS) is 12.1. The van der Waals surface area contributed by atoms with E-state index in [1.165, 1.54) is 4.68 Å². The molecule has 3 aromatic heterocycles. The molecule has 8 nitrogen and oxygen atoms in total. The molecule has 8 heteroatoms. The summed E-state index contributed by atoms with van der Waals surface area (Å²) in [5.74, 6) is -0.273. The number of Topliss-reactive ketones (excluding diaryl/α,β-unsaturated/α-hetero) is 1. The molecule has 0 bridgehead atoms. The maximum atomic E-state index is 13.2. The van der Waals surface area contributed by atoms with Crippen LogP contribution in [0.2, 0.25) is 0 Å². The first-order chi connectivity index (χ1) is 16.3. The highest BCUT2D eigenvalue weighted by Gasteiger charge is 2.26. The van der Waals surface area contributed by atoms with E-state index in [0.29, 0.717) is 35.8 Å². The average molecular weight is 462 g/mol. The third kappa shape index (κ3) is 4.31. The number of fused-ring (bicyclic) bond motifs is 1. The number of ketones is 1. The van der Waals surface area contributed by atoms with Gasteiger partial charge in [0.15, 0.2) is 11.8 Å². The summed E-state index contributed by atoms with van der Waals surface area (Å²) in [5, 5.41) is 5.05. The molecule has 0 saturated carbocycles. The molecule has 0 aliphatic carbocycles. The minimum atomic E-state index is -1.03. The van der Waals surface area contributed by atoms with Crippen LogP contribution in [0.1, 0.15) is 58.3 Å². The van der Waals surface area contributed by atoms with Crippen LogP contribution in [0, 0.1) is 13.8 Å². The van der Waals surface area contributed by atoms with Crippen molar-refractivity contribution in [1.29, 1.82) is 0 Å². The molecule has 0 spiro atoms. The molecule has 0 radical (unpaired) electrons. The van der Waals surface area contributed by atoms with Crippen molar-refractivity contribution < 1.29 is 18.7 Å². The number of esters is 1. The van der Waals surface area contributed by atoms with Crippen molar-refractivity contribution in [3.05, 3.63) is 87.5 Å². The first kappa shape index (κ1) is 23.2. The molecule has 1 aromatic carbocycles. The van der Waals surface area contributed by atoms with Crippen LogP contribution in [0.3, 0.4) is 0 Å². The van der Waals surface area contributed by atoms with E-state index in [1.54, 1.807) is 43.5 Å². The van der Waals surface area contributed by atoms with Gasteiger partial charge in [-0.05, 0) is 51.5 Å². The van der Waals surface area contributed by atoms with Crippen molar-refractivity contribution >= 4 is 22.5 Å². The van der Waals surface area contributed by atoms with Gasteiger partial charge >= 0.3 is 5.97 Å². The first-order valence-corrected chi connectivity index (χ1v) is 11.3. The lowest BCUT2D eigenvalue weighted by atomic mass is 10.1. The predicted octanol–water partition coefficient (Wildman–Crippen LogP) is 4.29. The molecule has 0 saturated heterocycles. The van der Waals surface area contributed by atoms with Crippen molar-refractivity contribution in [3.8, 4) is 0 Å². The van der Waals surface area contributed by atoms with E-state index >= 15 is 0 Å². The number of ether oxygens (including phenoxy) is 1. The molecule has 0 unspecified atom stereocenters. The Kier molecular flexibility index (Phi) is 6.49. The van der Waals surface area contributed by atoms with Crippen LogP contribution < -0.4 is 5.56 Å². The van der Waals surface area contributed by atoms with Crippen molar-refractivity contribution in [2.45, 2.75) is 53.3 Å². The zero-order valence-electron chi connectivity index (χ0n) is 19.7. The Bertz CT molecular complexity index is 1410. The van der Waals surface area contributed by atoms with Crippen LogP contribution in [0.25, 0.3) is 10.8 Å². The number of aryl methyl sites for hydroxylation is 2. The number of carbonyl (C=O) groups excluding carboxylic acids is 2. The van der Waals surface area contributed by atoms with Gasteiger partial charge in [-0.15, -0.1) is 0 Å². The number of carbonyl (C=O) groups is 2. The van der Waals surface area contributed by atoms with Gasteiger partial charge in [-0.2, -0.15) is 5.10 Å². The number of hydrogen-bond donors (Lipinski definition) is 0. The summed E-state index contributed by atoms with van der Waals surface area (Å²) >= 11 is 0. The highest BCUT2D eigenvalue weighted by atomic mass is 16.5. The summed E-state index contributed by atoms with van der Waals surface area (Å²) in [5.41, 5.74) is 1.91. The Morgan fingerprint density at radius 2 is 1.85 bits per heavy atom. The Balaban J connectivity index is 1.60. The van der Waals surface area contributed by atoms with Gasteiger partial charge in [0.2, 0.25) is 5.78 Å². The molecule has 0 amide bonds. The molecule has 0 aliphatic heterocycles. The minimum absolute atomic E-state index is 0.0200. The SMILES string of the molecule is CCCn1nc(C(=O)O[C@@H](C)C(=O)c2cc(C)n(Cc3ccco3)c2C)c2ccccc2c1=O. The van der Waals surface area contributed by atoms with Gasteiger partial charge in [0.25, 0.3) is 5.56 Å². The minimum Gasteiger partial charge on any atom is -0.467 e. The number of aromatic nitrogens is 3. The molecular formula is C26H27N3O5. The molecule has 1 atom stereocenters. The maximum Gasteiger partial charge on any atom is 0.360 e. The topological polar surface area (TPSA) is 96.3 Å². The fourth-order valence-corrected chi connectivity index (χ4v) is 4.09. The van der Waals surface area contributed by atoms with Gasteiger partial charge in [0.05, 0.1) is 18.2 Å². The van der Waals surface area contributed by atoms with E-state index in [2.05, 4.69) is 5.10 Å². The van der Waals surface area contributed by atoms with E-state index in [1.807, 2.05) is 37.5 Å². The van der Waals surface area contributed by atoms with Crippen molar-refractivity contribution in [3.63, 3.8) is 0 Å². The predicted molar refractivity (Wildman–Crippen MR) is 127 cm³/mol. The summed E-state index contributed by atoms with van der Waals surface area (Å²) in [6.45, 7) is 8.11. The van der Waals surface area contributed by atoms with Gasteiger partial charge in [-0.1, -0.05) is 25.1 Å². The second-order valence-electron chi connectivity index (χ2n) is 8.28. The van der Waals surface area contributed by atoms with E-state index in [0.717, 1.165) is 17.1 Å². The molecule has 0 aliphatic rings. The highest BCUT2D eigenvalue weighted by Crippen LogP contribution is 2.21. The molecule has 0 N–H and O–H groups in total. The fraction of sp³-hybridized carbons (Fsp3) is 0.308. The maximum absolute atomic E-state index is 13.2. The molecular weight excluding hydrogens is 434 g/mol. The van der Waals surface area contributed by atoms with Crippen LogP contribution in [-0.4, -0.2) is 32.2 Å². The lowest BCUT2D eigenvalue weighted by Crippen LogP contribution is -2.29. The van der Waals surface area contributed by atoms with Gasteiger partial charge < -0.3 is 13.7 Å². The average Bonchev–Trinajstić information content (AvgIpc) is 3.44. The monoisotopic (exact) mass is 461 g/mol. The molecule has 176 valence electrons. The third-order valence-electron chi connectivity index (χ3n) is 5.88. The molecule has 4 rings (SSSR count). The lowest BCUT2D eigenvalue weighted by Gasteiger charge is -2.14. The largest absolute Gasteiger partial charge is 0.467 e. The summed E-state index contributed by atoms with van der Waals surface area (Å²) in [4.78, 5) is 38.9. The van der Waals surface area contributed by atoms with Crippen LogP contribution in [0.4, 0.5) is 0 Å². The zero-order valence-corrected chi connectivity index (χ0v) is 19.7. The standard InChI is InChI=1S/C26H27N3O5/c1-5-12-29-25(31)21-11-7-6-10-20(21)23(27-29)26(32)34-18(4)24(30)22-14-16(2)28(17(22)3)15-19-9-8-13-33-19/h6-11,13-14,18H,5,12,15H2,1-4H3/t18-/m0/s1. The van der Waals surface area contributed by atoms with Crippen molar-refractivity contribution in [1.82, 2.24) is 14.3 Å². The molecule has 34 heavy (non-hydrogen) atoms. The lowest BCUT2D eigenvalue weighted by molar-refractivity contribution is 0.0312. The summed E-state index contributed by atoms with van der Waals surface area (Å²) in [6, 6.07) is 12.3. The summed E-state index contributed by atoms with van der Waals surface area (Å²) < 4.78 is 14.2. The van der Waals surface area contributed by atoms with Crippen LogP contribution in [-0.2, 0) is 17.8 Å². The second-order valence-corrected chi connectivity index (χ2v) is 8.28. The first-order valence-electron chi connectivity index (χ1n) is 11.3. The van der Waals surface area contributed by atoms with Crippen molar-refractivity contribution in [2.75, 3.05) is 0 Å². The van der Waals surface area contributed by atoms with Crippen molar-refractivity contribution in [2.24, 2.45) is 0 Å². The third-order valence-corrected chi connectivity index (χ3v) is 5.88. The number of hydrogen-bond acceptors (Lipinski definition) is 6. The Labute approximate surface area is 196 Å². The van der Waals surface area contributed by atoms with Gasteiger partial charge in [-0.25, -0.2) is 9.48 Å². The Morgan fingerprint density at radius 3 is 2.53 bits per heavy atom. The summed E-state index contributed by atoms with van der Waals surface area (Å²) in [6.07, 6.45) is 1.26. The number of rotatable bonds is 8. The quantitative estimate of drug-likeness (QED) is 0.287. The van der Waals surface area contributed by atoms with Crippen LogP contribution >= 0.6 is 0 Å². The fourth-order valence-electron chi connectivity index (χ4n) is 4.09. The van der Waals surface area contributed by atoms with Crippen LogP contribution in [0.15, 0.2) is 57.9 Å². The van der Waals surface area contributed by atoms with Gasteiger partial charge in [0.1, 0.15) is 5.76 Å². The Hall–Kier alpha value is -3.94. The molecule has 4 aromatic rings. The van der Waals surface area contributed by atoms with E-state index in [4.69, 9.17) is 9.15 Å². The van der Waals surface area contributed by atoms with E-state index in [-0.39, 0.29) is 17.0 Å². The highest BCUT2D eigenvalue weighted by molar-refractivity contribution is 6.05. The van der Waals surface area contributed by atoms with Gasteiger partial charge in [0, 0.05) is 28.9 Å². The number of furan rings is 1. The summed E-state index contributed by atoms with van der Waals surface area (Å²) in [7, 11) is 0. The van der Waals surface area contributed by atoms with E-state index < -0.39 is 12.1 Å². The molecule has 3 heterocycles. The Morgan fingerprint density at radius 1 is 1.12 bits per heavy atom.